The van der Waals surface area contributed by atoms with Gasteiger partial charge in [0.25, 0.3) is 5.95 Å². The lowest BCUT2D eigenvalue weighted by Gasteiger charge is -2.03. The van der Waals surface area contributed by atoms with E-state index in [1.165, 1.54) is 14.2 Å². The summed E-state index contributed by atoms with van der Waals surface area (Å²) in [5, 5.41) is 9.73. The van der Waals surface area contributed by atoms with E-state index in [4.69, 9.17) is 9.47 Å². The number of aliphatic hydroxyl groups is 1. The Morgan fingerprint density at radius 2 is 2.00 bits per heavy atom. The summed E-state index contributed by atoms with van der Waals surface area (Å²) in [6.45, 7) is 7.31. The van der Waals surface area contributed by atoms with Crippen LogP contribution in [0.4, 0.5) is 0 Å². The molecule has 5 nitrogen and oxygen atoms in total. The molecule has 1 heterocycles. The van der Waals surface area contributed by atoms with E-state index in [9.17, 15) is 9.90 Å². The van der Waals surface area contributed by atoms with Gasteiger partial charge in [-0.25, -0.2) is 4.79 Å². The Kier molecular flexibility index (Phi) is 3.73. The van der Waals surface area contributed by atoms with Gasteiger partial charge in [0.05, 0.1) is 14.2 Å². The van der Waals surface area contributed by atoms with E-state index in [1.807, 2.05) is 0 Å². The molecular weight excluding hydrogens is 222 g/mol. The van der Waals surface area contributed by atoms with E-state index >= 15 is 0 Å². The highest BCUT2D eigenvalue weighted by molar-refractivity contribution is 5.96. The average molecular weight is 238 g/mol. The molecule has 0 aromatic heterocycles. The molecular formula is C12H16NO4+. The summed E-state index contributed by atoms with van der Waals surface area (Å²) in [6, 6.07) is 0. The molecule has 17 heavy (non-hydrogen) atoms. The van der Waals surface area contributed by atoms with Crippen LogP contribution >= 0.6 is 0 Å². The summed E-state index contributed by atoms with van der Waals surface area (Å²) in [6.07, 6.45) is 1.73. The second-order valence-electron chi connectivity index (χ2n) is 3.44. The van der Waals surface area contributed by atoms with Crippen molar-refractivity contribution in [2.75, 3.05) is 14.2 Å². The molecule has 0 aromatic carbocycles. The van der Waals surface area contributed by atoms with Gasteiger partial charge in [0.2, 0.25) is 5.70 Å². The van der Waals surface area contributed by atoms with Gasteiger partial charge in [-0.15, -0.1) is 0 Å². The van der Waals surface area contributed by atoms with E-state index in [0.717, 1.165) is 0 Å². The molecule has 0 amide bonds. The van der Waals surface area contributed by atoms with Gasteiger partial charge in [-0.3, -0.25) is 0 Å². The maximum atomic E-state index is 11.7. The van der Waals surface area contributed by atoms with Crippen molar-refractivity contribution < 1.29 is 24.0 Å². The highest BCUT2D eigenvalue weighted by Gasteiger charge is 2.41. The number of aliphatic hydroxyl groups excluding tert-OH is 1. The lowest BCUT2D eigenvalue weighted by atomic mass is 10.1. The average Bonchev–Trinajstić information content (AvgIpc) is 2.60. The van der Waals surface area contributed by atoms with Crippen LogP contribution in [-0.2, 0) is 14.3 Å². The molecule has 1 aliphatic heterocycles. The smallest absolute Gasteiger partial charge is 0.345 e. The second-order valence-corrected chi connectivity index (χ2v) is 3.44. The van der Waals surface area contributed by atoms with Crippen LogP contribution in [0.1, 0.15) is 13.8 Å². The van der Waals surface area contributed by atoms with Crippen molar-refractivity contribution in [3.8, 4) is 0 Å². The summed E-state index contributed by atoms with van der Waals surface area (Å²) in [5.41, 5.74) is 1.76. The third-order valence-electron chi connectivity index (χ3n) is 2.63. The minimum atomic E-state index is -0.536. The van der Waals surface area contributed by atoms with Crippen LogP contribution < -0.4 is 0 Å². The molecule has 1 N–H and O–H groups in total. The highest BCUT2D eigenvalue weighted by Crippen LogP contribution is 2.35. The zero-order valence-corrected chi connectivity index (χ0v) is 10.4. The van der Waals surface area contributed by atoms with Gasteiger partial charge in [0.15, 0.2) is 5.70 Å². The molecule has 5 heteroatoms. The molecule has 0 aliphatic carbocycles. The Morgan fingerprint density at radius 3 is 2.41 bits per heavy atom. The quantitative estimate of drug-likeness (QED) is 0.450. The number of nitrogens with zero attached hydrogens (tertiary/aromatic N) is 1. The van der Waals surface area contributed by atoms with Crippen LogP contribution in [0.5, 0.6) is 0 Å². The minimum Gasteiger partial charge on any atom is -0.480 e. The SMILES string of the molecule is C=[N+]1C(C)=C(C(=O)OC)C(=C(\O)OC)/C1=C/C. The van der Waals surface area contributed by atoms with Crippen LogP contribution in [0.15, 0.2) is 34.6 Å². The molecule has 0 saturated carbocycles. The summed E-state index contributed by atoms with van der Waals surface area (Å²) in [4.78, 5) is 11.7. The van der Waals surface area contributed by atoms with Crippen LogP contribution in [0.25, 0.3) is 0 Å². The number of carbonyl (C=O) groups excluding carboxylic acids is 1. The molecule has 1 rings (SSSR count). The highest BCUT2D eigenvalue weighted by atomic mass is 16.6. The number of methoxy groups -OCH3 is 2. The van der Waals surface area contributed by atoms with E-state index in [0.29, 0.717) is 17.0 Å². The number of esters is 1. The molecule has 1 aliphatic rings. The second kappa shape index (κ2) is 4.86. The van der Waals surface area contributed by atoms with Gasteiger partial charge in [-0.2, -0.15) is 4.58 Å². The molecule has 0 saturated heterocycles. The predicted octanol–water partition coefficient (Wildman–Crippen LogP) is 1.48. The van der Waals surface area contributed by atoms with Gasteiger partial charge in [-0.1, -0.05) is 0 Å². The summed E-state index contributed by atoms with van der Waals surface area (Å²) in [5.74, 6) is -0.865. The van der Waals surface area contributed by atoms with E-state index in [-0.39, 0.29) is 11.5 Å². The number of rotatable bonds is 2. The van der Waals surface area contributed by atoms with Crippen molar-refractivity contribution in [1.29, 1.82) is 0 Å². The minimum absolute atomic E-state index is 0.259. The molecule has 0 bridgehead atoms. The first kappa shape index (κ1) is 13.0. The first-order chi connectivity index (χ1) is 7.99. The monoisotopic (exact) mass is 238 g/mol. The predicted molar refractivity (Wildman–Crippen MR) is 62.5 cm³/mol. The zero-order chi connectivity index (χ0) is 13.2. The summed E-state index contributed by atoms with van der Waals surface area (Å²) >= 11 is 0. The van der Waals surface area contributed by atoms with Crippen molar-refractivity contribution in [2.45, 2.75) is 13.8 Å². The Bertz CT molecular complexity index is 469. The molecule has 0 spiro atoms. The molecule has 0 radical (unpaired) electrons. The van der Waals surface area contributed by atoms with Crippen molar-refractivity contribution in [1.82, 2.24) is 0 Å². The lowest BCUT2D eigenvalue weighted by molar-refractivity contribution is -0.401. The number of carbonyl (C=O) groups is 1. The first-order valence-corrected chi connectivity index (χ1v) is 5.03. The van der Waals surface area contributed by atoms with Gasteiger partial charge >= 0.3 is 5.97 Å². The van der Waals surface area contributed by atoms with Crippen LogP contribution in [0.2, 0.25) is 0 Å². The Balaban J connectivity index is 3.52. The fourth-order valence-electron chi connectivity index (χ4n) is 1.73. The van der Waals surface area contributed by atoms with E-state index in [2.05, 4.69) is 6.72 Å². The fourth-order valence-corrected chi connectivity index (χ4v) is 1.73. The van der Waals surface area contributed by atoms with Crippen molar-refractivity contribution >= 4 is 12.7 Å². The summed E-state index contributed by atoms with van der Waals surface area (Å²) in [7, 11) is 2.61. The third kappa shape index (κ3) is 1.95. The largest absolute Gasteiger partial charge is 0.480 e. The van der Waals surface area contributed by atoms with Crippen LogP contribution in [-0.4, -0.2) is 36.6 Å². The van der Waals surface area contributed by atoms with Gasteiger partial charge in [0.1, 0.15) is 17.9 Å². The van der Waals surface area contributed by atoms with Crippen molar-refractivity contribution in [3.63, 3.8) is 0 Å². The third-order valence-corrected chi connectivity index (χ3v) is 2.63. The van der Waals surface area contributed by atoms with E-state index in [1.54, 1.807) is 24.5 Å². The van der Waals surface area contributed by atoms with E-state index < -0.39 is 5.97 Å². The van der Waals surface area contributed by atoms with Crippen LogP contribution in [0.3, 0.4) is 0 Å². The molecule has 0 fully saturated rings. The van der Waals surface area contributed by atoms with Crippen molar-refractivity contribution in [2.24, 2.45) is 0 Å². The Morgan fingerprint density at radius 1 is 1.41 bits per heavy atom. The first-order valence-electron chi connectivity index (χ1n) is 5.03. The number of ether oxygens (including phenoxy) is 2. The fraction of sp³-hybridized carbons (Fsp3) is 0.333. The maximum absolute atomic E-state index is 11.7. The topological polar surface area (TPSA) is 58.8 Å². The molecule has 0 atom stereocenters. The lowest BCUT2D eigenvalue weighted by Crippen LogP contribution is -2.08. The number of allylic oxidation sites excluding steroid dienone is 3. The standard InChI is InChI=1S/C12H15NO4/c1-6-8-10(12(15)17-5)9(11(14)16-4)7(2)13(8)3/h6H,3H2,1-2,4-5H3/p+1/b8-6-,12-10+. The summed E-state index contributed by atoms with van der Waals surface area (Å²) < 4.78 is 11.0. The maximum Gasteiger partial charge on any atom is 0.345 e. The number of hydrogen-bond acceptors (Lipinski definition) is 4. The van der Waals surface area contributed by atoms with Gasteiger partial charge in [0, 0.05) is 6.92 Å². The molecule has 0 aromatic rings. The molecule has 0 unspecified atom stereocenters. The van der Waals surface area contributed by atoms with Gasteiger partial charge < -0.3 is 14.6 Å². The van der Waals surface area contributed by atoms with Crippen LogP contribution in [0, 0.1) is 0 Å². The molecule has 92 valence electrons. The normalized spacial score (nSPS) is 20.9. The number of hydrogen-bond donors (Lipinski definition) is 1. The van der Waals surface area contributed by atoms with Gasteiger partial charge in [-0.05, 0) is 13.0 Å². The Hall–Kier alpha value is -2.04. The Labute approximate surface area is 100.0 Å². The van der Waals surface area contributed by atoms with Crippen molar-refractivity contribution in [3.05, 3.63) is 34.6 Å². The zero-order valence-electron chi connectivity index (χ0n) is 10.4.